The van der Waals surface area contributed by atoms with Crippen LogP contribution in [0.1, 0.15) is 32.1 Å². The minimum Gasteiger partial charge on any atom is -0.303 e. The summed E-state index contributed by atoms with van der Waals surface area (Å²) in [5.74, 6) is -0.346. The van der Waals surface area contributed by atoms with Gasteiger partial charge in [0.05, 0.1) is 5.92 Å². The third-order valence-electron chi connectivity index (χ3n) is 2.19. The monoisotopic (exact) mass is 168 g/mol. The molecule has 1 aliphatic carbocycles. The van der Waals surface area contributed by atoms with Crippen molar-refractivity contribution in [1.29, 1.82) is 0 Å². The van der Waals surface area contributed by atoms with Gasteiger partial charge in [-0.1, -0.05) is 0 Å². The van der Waals surface area contributed by atoms with Crippen LogP contribution in [0.2, 0.25) is 0 Å². The number of rotatable bonds is 1. The third-order valence-corrected chi connectivity index (χ3v) is 2.19. The molecule has 66 valence electrons. The Morgan fingerprint density at radius 3 is 2.58 bits per heavy atom. The molecular formula is C9H12O3. The third kappa shape index (κ3) is 2.26. The zero-order chi connectivity index (χ0) is 8.97. The lowest BCUT2D eigenvalue weighted by Gasteiger charge is -2.11. The second kappa shape index (κ2) is 4.14. The van der Waals surface area contributed by atoms with E-state index in [0.717, 1.165) is 0 Å². The van der Waals surface area contributed by atoms with Gasteiger partial charge in [0, 0.05) is 19.3 Å². The van der Waals surface area contributed by atoms with Crippen LogP contribution in [0.3, 0.4) is 0 Å². The van der Waals surface area contributed by atoms with Crippen molar-refractivity contribution in [2.45, 2.75) is 32.1 Å². The first-order chi connectivity index (χ1) is 5.74. The first kappa shape index (κ1) is 9.10. The largest absolute Gasteiger partial charge is 0.303 e. The van der Waals surface area contributed by atoms with Crippen LogP contribution in [-0.2, 0) is 14.4 Å². The lowest BCUT2D eigenvalue weighted by molar-refractivity contribution is -0.129. The van der Waals surface area contributed by atoms with Crippen LogP contribution in [0.15, 0.2) is 0 Å². The predicted octanol–water partition coefficient (Wildman–Crippen LogP) is 0.904. The standard InChI is InChI=1S/C9H12O3/c10-6-7-4-5-8(11)2-1-3-9(7)12/h6-7H,1-5H2. The highest BCUT2D eigenvalue weighted by Gasteiger charge is 2.21. The maximum atomic E-state index is 11.2. The lowest BCUT2D eigenvalue weighted by atomic mass is 9.91. The molecule has 0 bridgehead atoms. The molecule has 1 saturated carbocycles. The second-order valence-electron chi connectivity index (χ2n) is 3.14. The van der Waals surface area contributed by atoms with E-state index < -0.39 is 5.92 Å². The molecule has 0 saturated heterocycles. The Morgan fingerprint density at radius 2 is 1.92 bits per heavy atom. The van der Waals surface area contributed by atoms with Crippen LogP contribution >= 0.6 is 0 Å². The molecule has 12 heavy (non-hydrogen) atoms. The van der Waals surface area contributed by atoms with Gasteiger partial charge in [0.15, 0.2) is 0 Å². The lowest BCUT2D eigenvalue weighted by Crippen LogP contribution is -2.20. The smallest absolute Gasteiger partial charge is 0.143 e. The summed E-state index contributed by atoms with van der Waals surface area (Å²) in [7, 11) is 0. The topological polar surface area (TPSA) is 51.2 Å². The fraction of sp³-hybridized carbons (Fsp3) is 0.667. The number of carbonyl (C=O) groups excluding carboxylic acids is 3. The summed E-state index contributed by atoms with van der Waals surface area (Å²) in [4.78, 5) is 32.5. The minimum atomic E-state index is -0.519. The Hall–Kier alpha value is -0.990. The summed E-state index contributed by atoms with van der Waals surface area (Å²) in [6.07, 6.45) is 2.96. The molecule has 0 spiro atoms. The molecule has 0 aromatic carbocycles. The highest BCUT2D eigenvalue weighted by molar-refractivity contribution is 5.94. The first-order valence-corrected chi connectivity index (χ1v) is 4.23. The van der Waals surface area contributed by atoms with Crippen molar-refractivity contribution in [3.63, 3.8) is 0 Å². The molecule has 1 unspecified atom stereocenters. The Balaban J connectivity index is 2.56. The Kier molecular flexibility index (Phi) is 3.14. The predicted molar refractivity (Wildman–Crippen MR) is 42.7 cm³/mol. The number of hydrogen-bond donors (Lipinski definition) is 0. The average molecular weight is 168 g/mol. The molecule has 1 aliphatic rings. The molecule has 0 N–H and O–H groups in total. The zero-order valence-corrected chi connectivity index (χ0v) is 6.91. The van der Waals surface area contributed by atoms with E-state index in [1.807, 2.05) is 0 Å². The van der Waals surface area contributed by atoms with E-state index in [2.05, 4.69) is 0 Å². The molecule has 1 atom stereocenters. The highest BCUT2D eigenvalue weighted by Crippen LogP contribution is 2.15. The van der Waals surface area contributed by atoms with Gasteiger partial charge in [0.25, 0.3) is 0 Å². The molecule has 3 heteroatoms. The van der Waals surface area contributed by atoms with Gasteiger partial charge in [-0.3, -0.25) is 9.59 Å². The summed E-state index contributed by atoms with van der Waals surface area (Å²) in [5, 5.41) is 0. The van der Waals surface area contributed by atoms with E-state index in [4.69, 9.17) is 0 Å². The molecular weight excluding hydrogens is 156 g/mol. The van der Waals surface area contributed by atoms with Crippen molar-refractivity contribution < 1.29 is 14.4 Å². The van der Waals surface area contributed by atoms with E-state index in [9.17, 15) is 14.4 Å². The van der Waals surface area contributed by atoms with Gasteiger partial charge in [-0.25, -0.2) is 0 Å². The van der Waals surface area contributed by atoms with Crippen LogP contribution in [-0.4, -0.2) is 17.9 Å². The van der Waals surface area contributed by atoms with Crippen molar-refractivity contribution in [1.82, 2.24) is 0 Å². The average Bonchev–Trinajstić information content (AvgIpc) is 2.03. The maximum Gasteiger partial charge on any atom is 0.143 e. The van der Waals surface area contributed by atoms with E-state index in [0.29, 0.717) is 38.4 Å². The molecule has 0 heterocycles. The summed E-state index contributed by atoms with van der Waals surface area (Å²) >= 11 is 0. The van der Waals surface area contributed by atoms with Crippen molar-refractivity contribution in [2.24, 2.45) is 5.92 Å². The van der Waals surface area contributed by atoms with Crippen LogP contribution in [0.25, 0.3) is 0 Å². The van der Waals surface area contributed by atoms with Crippen LogP contribution in [0.4, 0.5) is 0 Å². The zero-order valence-electron chi connectivity index (χ0n) is 6.91. The SMILES string of the molecule is O=CC1CCC(=O)CCCC1=O. The Labute approximate surface area is 71.1 Å². The van der Waals surface area contributed by atoms with Gasteiger partial charge in [0.1, 0.15) is 17.9 Å². The molecule has 0 radical (unpaired) electrons. The number of ketones is 2. The summed E-state index contributed by atoms with van der Waals surface area (Å²) in [6.45, 7) is 0. The van der Waals surface area contributed by atoms with Gasteiger partial charge >= 0.3 is 0 Å². The number of aldehydes is 1. The van der Waals surface area contributed by atoms with E-state index in [1.54, 1.807) is 0 Å². The molecule has 3 nitrogen and oxygen atoms in total. The van der Waals surface area contributed by atoms with Crippen LogP contribution in [0.5, 0.6) is 0 Å². The second-order valence-corrected chi connectivity index (χ2v) is 3.14. The van der Waals surface area contributed by atoms with Gasteiger partial charge in [-0.15, -0.1) is 0 Å². The molecule has 0 aromatic heterocycles. The minimum absolute atomic E-state index is 0.00231. The van der Waals surface area contributed by atoms with Gasteiger partial charge in [-0.05, 0) is 12.8 Å². The number of carbonyl (C=O) groups is 3. The Bertz CT molecular complexity index is 208. The highest BCUT2D eigenvalue weighted by atomic mass is 16.1. The Morgan fingerprint density at radius 1 is 1.17 bits per heavy atom. The van der Waals surface area contributed by atoms with E-state index in [-0.39, 0.29) is 11.6 Å². The van der Waals surface area contributed by atoms with Crippen molar-refractivity contribution in [3.05, 3.63) is 0 Å². The van der Waals surface area contributed by atoms with E-state index in [1.165, 1.54) is 0 Å². The summed E-state index contributed by atoms with van der Waals surface area (Å²) in [6, 6.07) is 0. The maximum absolute atomic E-state index is 11.2. The normalized spacial score (nSPS) is 26.2. The van der Waals surface area contributed by atoms with Crippen molar-refractivity contribution >= 4 is 17.9 Å². The fourth-order valence-corrected chi connectivity index (χ4v) is 1.39. The molecule has 1 rings (SSSR count). The summed E-state index contributed by atoms with van der Waals surface area (Å²) in [5.41, 5.74) is 0. The van der Waals surface area contributed by atoms with E-state index >= 15 is 0 Å². The molecule has 0 aromatic rings. The first-order valence-electron chi connectivity index (χ1n) is 4.23. The fourth-order valence-electron chi connectivity index (χ4n) is 1.39. The number of hydrogen-bond acceptors (Lipinski definition) is 3. The molecule has 0 aliphatic heterocycles. The van der Waals surface area contributed by atoms with Crippen LogP contribution < -0.4 is 0 Å². The van der Waals surface area contributed by atoms with Crippen LogP contribution in [0, 0.1) is 5.92 Å². The van der Waals surface area contributed by atoms with Crippen molar-refractivity contribution in [2.75, 3.05) is 0 Å². The number of Topliss-reactive ketones (excluding diaryl/α,β-unsaturated/α-hetero) is 2. The summed E-state index contributed by atoms with van der Waals surface area (Å²) < 4.78 is 0. The van der Waals surface area contributed by atoms with Gasteiger partial charge in [-0.2, -0.15) is 0 Å². The molecule has 1 fully saturated rings. The van der Waals surface area contributed by atoms with Crippen molar-refractivity contribution in [3.8, 4) is 0 Å². The molecule has 0 amide bonds. The quantitative estimate of drug-likeness (QED) is 0.432. The van der Waals surface area contributed by atoms with Gasteiger partial charge < -0.3 is 4.79 Å². The van der Waals surface area contributed by atoms with Gasteiger partial charge in [0.2, 0.25) is 0 Å².